The molecule has 0 radical (unpaired) electrons. The van der Waals surface area contributed by atoms with E-state index in [1.165, 1.54) is 29.6 Å². The Hall–Kier alpha value is -4.21. The summed E-state index contributed by atoms with van der Waals surface area (Å²) in [5.74, 6) is -1.03. The third-order valence-corrected chi connectivity index (χ3v) is 5.63. The van der Waals surface area contributed by atoms with Gasteiger partial charge in [0.25, 0.3) is 5.56 Å². The fraction of sp³-hybridized carbons (Fsp3) is 0.261. The highest BCUT2D eigenvalue weighted by Crippen LogP contribution is 2.21. The van der Waals surface area contributed by atoms with E-state index < -0.39 is 23.8 Å². The number of nitrogens with zero attached hydrogens (tertiary/aromatic N) is 5. The zero-order valence-corrected chi connectivity index (χ0v) is 18.7. The lowest BCUT2D eigenvalue weighted by Crippen LogP contribution is -2.37. The van der Waals surface area contributed by atoms with Crippen LogP contribution >= 0.6 is 0 Å². The van der Waals surface area contributed by atoms with Crippen molar-refractivity contribution in [3.63, 3.8) is 0 Å². The molecule has 3 heterocycles. The average molecular weight is 449 g/mol. The molecule has 10 nitrogen and oxygen atoms in total. The largest absolute Gasteiger partial charge is 0.456 e. The standard InChI is InChI=1S/C23H23N5O5/c1-14-10-17(15(2)28(14)16-8-6-5-7-9-16)18(29)12-33-19(30)11-27-13-24-21-20(27)22(31)26(4)23(32)25(21)3/h5-10,13H,11-12H2,1-4H3. The molecule has 3 aromatic heterocycles. The van der Waals surface area contributed by atoms with Crippen LogP contribution in [0.4, 0.5) is 0 Å². The number of aromatic nitrogens is 5. The molecule has 0 unspecified atom stereocenters. The van der Waals surface area contributed by atoms with E-state index in [9.17, 15) is 19.2 Å². The minimum absolute atomic E-state index is 0.106. The van der Waals surface area contributed by atoms with Crippen molar-refractivity contribution in [1.29, 1.82) is 0 Å². The Balaban J connectivity index is 1.50. The second kappa shape index (κ2) is 8.38. The van der Waals surface area contributed by atoms with Gasteiger partial charge in [0.2, 0.25) is 5.78 Å². The first-order valence-corrected chi connectivity index (χ1v) is 10.2. The first-order valence-electron chi connectivity index (χ1n) is 10.2. The number of fused-ring (bicyclic) bond motifs is 1. The van der Waals surface area contributed by atoms with Gasteiger partial charge in [0.1, 0.15) is 6.54 Å². The van der Waals surface area contributed by atoms with Gasteiger partial charge in [-0.2, -0.15) is 0 Å². The van der Waals surface area contributed by atoms with Crippen molar-refractivity contribution >= 4 is 22.9 Å². The lowest BCUT2D eigenvalue weighted by atomic mass is 10.1. The van der Waals surface area contributed by atoms with Crippen LogP contribution in [0.1, 0.15) is 21.7 Å². The van der Waals surface area contributed by atoms with Gasteiger partial charge >= 0.3 is 11.7 Å². The van der Waals surface area contributed by atoms with E-state index in [0.29, 0.717) is 5.56 Å². The predicted octanol–water partition coefficient (Wildman–Crippen LogP) is 1.27. The maximum absolute atomic E-state index is 12.8. The Morgan fingerprint density at radius 3 is 2.42 bits per heavy atom. The molecule has 10 heteroatoms. The molecule has 0 bridgehead atoms. The van der Waals surface area contributed by atoms with Crippen LogP contribution in [0.25, 0.3) is 16.9 Å². The smallest absolute Gasteiger partial charge is 0.332 e. The zero-order valence-electron chi connectivity index (χ0n) is 18.7. The number of carbonyl (C=O) groups is 2. The van der Waals surface area contributed by atoms with Gasteiger partial charge in [0.05, 0.1) is 6.33 Å². The van der Waals surface area contributed by atoms with Gasteiger partial charge in [-0.25, -0.2) is 9.78 Å². The van der Waals surface area contributed by atoms with Gasteiger partial charge in [-0.15, -0.1) is 0 Å². The van der Waals surface area contributed by atoms with Gasteiger partial charge in [-0.05, 0) is 32.0 Å². The summed E-state index contributed by atoms with van der Waals surface area (Å²) in [7, 11) is 2.84. The number of imidazole rings is 1. The molecule has 0 saturated heterocycles. The van der Waals surface area contributed by atoms with Crippen molar-refractivity contribution < 1.29 is 14.3 Å². The zero-order chi connectivity index (χ0) is 23.9. The summed E-state index contributed by atoms with van der Waals surface area (Å²) in [6.07, 6.45) is 1.29. The number of hydrogen-bond donors (Lipinski definition) is 0. The SMILES string of the molecule is Cc1cc(C(=O)COC(=O)Cn2cnc3c2c(=O)n(C)c(=O)n3C)c(C)n1-c1ccccc1. The van der Waals surface area contributed by atoms with Crippen molar-refractivity contribution in [2.45, 2.75) is 20.4 Å². The molecule has 0 fully saturated rings. The number of ketones is 1. The molecule has 0 atom stereocenters. The van der Waals surface area contributed by atoms with Gasteiger partial charge in [0, 0.05) is 36.7 Å². The van der Waals surface area contributed by atoms with Crippen LogP contribution in [0.5, 0.6) is 0 Å². The molecule has 1 aromatic carbocycles. The number of rotatable bonds is 6. The van der Waals surface area contributed by atoms with Crippen molar-refractivity contribution in [2.75, 3.05) is 6.61 Å². The summed E-state index contributed by atoms with van der Waals surface area (Å²) in [4.78, 5) is 53.8. The van der Waals surface area contributed by atoms with Crippen LogP contribution < -0.4 is 11.2 Å². The van der Waals surface area contributed by atoms with Crippen LogP contribution in [0.3, 0.4) is 0 Å². The van der Waals surface area contributed by atoms with E-state index in [4.69, 9.17) is 4.74 Å². The summed E-state index contributed by atoms with van der Waals surface area (Å²) in [6, 6.07) is 11.4. The fourth-order valence-electron chi connectivity index (χ4n) is 3.94. The highest BCUT2D eigenvalue weighted by Gasteiger charge is 2.20. The lowest BCUT2D eigenvalue weighted by Gasteiger charge is -2.10. The summed E-state index contributed by atoms with van der Waals surface area (Å²) in [5, 5.41) is 0. The third kappa shape index (κ3) is 3.79. The van der Waals surface area contributed by atoms with E-state index in [2.05, 4.69) is 4.98 Å². The van der Waals surface area contributed by atoms with Gasteiger partial charge < -0.3 is 13.9 Å². The highest BCUT2D eigenvalue weighted by atomic mass is 16.5. The van der Waals surface area contributed by atoms with Crippen molar-refractivity contribution in [3.05, 3.63) is 80.5 Å². The topological polar surface area (TPSA) is 110 Å². The molecule has 0 spiro atoms. The first-order chi connectivity index (χ1) is 15.7. The Morgan fingerprint density at radius 1 is 1.03 bits per heavy atom. The maximum Gasteiger partial charge on any atom is 0.332 e. The van der Waals surface area contributed by atoms with Crippen molar-refractivity contribution in [2.24, 2.45) is 14.1 Å². The second-order valence-electron chi connectivity index (χ2n) is 7.79. The number of ether oxygens (including phenoxy) is 1. The number of Topliss-reactive ketones (excluding diaryl/α,β-unsaturated/α-hetero) is 1. The molecule has 33 heavy (non-hydrogen) atoms. The minimum atomic E-state index is -0.699. The molecule has 4 aromatic rings. The van der Waals surface area contributed by atoms with Crippen LogP contribution in [0.15, 0.2) is 52.3 Å². The van der Waals surface area contributed by atoms with Crippen LogP contribution in [-0.2, 0) is 30.2 Å². The number of para-hydroxylation sites is 1. The normalized spacial score (nSPS) is 11.2. The molecule has 0 aliphatic heterocycles. The monoisotopic (exact) mass is 449 g/mol. The molecule has 0 aliphatic rings. The van der Waals surface area contributed by atoms with E-state index in [0.717, 1.165) is 21.6 Å². The number of hydrogen-bond acceptors (Lipinski definition) is 6. The molecule has 0 N–H and O–H groups in total. The number of carbonyl (C=O) groups excluding carboxylic acids is 2. The molecule has 0 amide bonds. The Bertz CT molecular complexity index is 1500. The molecule has 0 aliphatic carbocycles. The number of aryl methyl sites for hydroxylation is 2. The molecular weight excluding hydrogens is 426 g/mol. The van der Waals surface area contributed by atoms with Crippen molar-refractivity contribution in [3.8, 4) is 5.69 Å². The highest BCUT2D eigenvalue weighted by molar-refractivity contribution is 5.99. The summed E-state index contributed by atoms with van der Waals surface area (Å²) >= 11 is 0. The summed E-state index contributed by atoms with van der Waals surface area (Å²) in [5.41, 5.74) is 2.24. The van der Waals surface area contributed by atoms with Crippen LogP contribution in [0.2, 0.25) is 0 Å². The molecular formula is C23H23N5O5. The van der Waals surface area contributed by atoms with Crippen LogP contribution in [-0.4, -0.2) is 41.6 Å². The lowest BCUT2D eigenvalue weighted by molar-refractivity contribution is -0.143. The molecule has 4 rings (SSSR count). The van der Waals surface area contributed by atoms with E-state index in [1.54, 1.807) is 6.07 Å². The predicted molar refractivity (Wildman–Crippen MR) is 121 cm³/mol. The summed E-state index contributed by atoms with van der Waals surface area (Å²) < 4.78 is 10.6. The Morgan fingerprint density at radius 2 is 1.73 bits per heavy atom. The third-order valence-electron chi connectivity index (χ3n) is 5.63. The minimum Gasteiger partial charge on any atom is -0.456 e. The van der Waals surface area contributed by atoms with Gasteiger partial charge in [0.15, 0.2) is 17.8 Å². The quantitative estimate of drug-likeness (QED) is 0.324. The molecule has 0 saturated carbocycles. The Kier molecular flexibility index (Phi) is 5.59. The van der Waals surface area contributed by atoms with E-state index >= 15 is 0 Å². The van der Waals surface area contributed by atoms with Gasteiger partial charge in [-0.3, -0.25) is 23.5 Å². The van der Waals surface area contributed by atoms with Crippen LogP contribution in [0, 0.1) is 13.8 Å². The second-order valence-corrected chi connectivity index (χ2v) is 7.79. The Labute approximate surface area is 188 Å². The first kappa shape index (κ1) is 22.0. The fourth-order valence-corrected chi connectivity index (χ4v) is 3.94. The summed E-state index contributed by atoms with van der Waals surface area (Å²) in [6.45, 7) is 2.99. The number of benzene rings is 1. The number of esters is 1. The molecule has 170 valence electrons. The average Bonchev–Trinajstić information content (AvgIpc) is 3.35. The van der Waals surface area contributed by atoms with E-state index in [1.807, 2.05) is 48.7 Å². The maximum atomic E-state index is 12.8. The van der Waals surface area contributed by atoms with Gasteiger partial charge in [-0.1, -0.05) is 18.2 Å². The van der Waals surface area contributed by atoms with E-state index in [-0.39, 0.29) is 23.5 Å². The van der Waals surface area contributed by atoms with Crippen molar-refractivity contribution in [1.82, 2.24) is 23.3 Å².